The molecule has 1 N–H and O–H groups in total. The second-order valence-electron chi connectivity index (χ2n) is 4.94. The van der Waals surface area contributed by atoms with Crippen LogP contribution < -0.4 is 4.90 Å². The van der Waals surface area contributed by atoms with Crippen molar-refractivity contribution in [3.8, 4) is 5.75 Å². The minimum absolute atomic E-state index is 0.0900. The van der Waals surface area contributed by atoms with Gasteiger partial charge in [0.05, 0.1) is 17.4 Å². The molecule has 1 fully saturated rings. The summed E-state index contributed by atoms with van der Waals surface area (Å²) in [6, 6.07) is 4.30. The van der Waals surface area contributed by atoms with E-state index < -0.39 is 4.92 Å². The van der Waals surface area contributed by atoms with Gasteiger partial charge in [-0.15, -0.1) is 0 Å². The number of hydrogen-bond acceptors (Lipinski definition) is 6. The fraction of sp³-hybridized carbons (Fsp3) is 0.500. The summed E-state index contributed by atoms with van der Waals surface area (Å²) in [5, 5.41) is 20.3. The first kappa shape index (κ1) is 15.1. The molecular formula is C14H18N2O5. The van der Waals surface area contributed by atoms with Gasteiger partial charge in [-0.25, -0.2) is 0 Å². The Bertz CT molecular complexity index is 538. The summed E-state index contributed by atoms with van der Waals surface area (Å²) in [5.41, 5.74) is 0.417. The lowest BCUT2D eigenvalue weighted by atomic mass is 9.96. The van der Waals surface area contributed by atoms with Crippen molar-refractivity contribution < 1.29 is 19.6 Å². The van der Waals surface area contributed by atoms with Crippen LogP contribution in [0, 0.1) is 16.0 Å². The van der Waals surface area contributed by atoms with Crippen LogP contribution >= 0.6 is 0 Å². The molecule has 0 radical (unpaired) electrons. The summed E-state index contributed by atoms with van der Waals surface area (Å²) in [4.78, 5) is 23.7. The fourth-order valence-electron chi connectivity index (χ4n) is 2.50. The van der Waals surface area contributed by atoms with E-state index in [1.54, 1.807) is 13.0 Å². The number of piperidine rings is 1. The molecule has 1 aromatic rings. The Kier molecular flexibility index (Phi) is 4.62. The lowest BCUT2D eigenvalue weighted by Gasteiger charge is -2.32. The van der Waals surface area contributed by atoms with Crippen molar-refractivity contribution in [3.63, 3.8) is 0 Å². The molecule has 21 heavy (non-hydrogen) atoms. The Labute approximate surface area is 122 Å². The minimum Gasteiger partial charge on any atom is -0.502 e. The molecule has 0 aliphatic carbocycles. The van der Waals surface area contributed by atoms with Gasteiger partial charge in [0.15, 0.2) is 5.75 Å². The Balaban J connectivity index is 2.01. The number of carbonyl (C=O) groups excluding carboxylic acids is 1. The average molecular weight is 294 g/mol. The van der Waals surface area contributed by atoms with E-state index in [1.807, 2.05) is 4.90 Å². The van der Waals surface area contributed by atoms with Gasteiger partial charge < -0.3 is 14.7 Å². The quantitative estimate of drug-likeness (QED) is 0.519. The molecule has 114 valence electrons. The average Bonchev–Trinajstić information content (AvgIpc) is 2.47. The Morgan fingerprint density at radius 1 is 1.48 bits per heavy atom. The fourth-order valence-corrected chi connectivity index (χ4v) is 2.50. The second-order valence-corrected chi connectivity index (χ2v) is 4.94. The van der Waals surface area contributed by atoms with E-state index in [-0.39, 0.29) is 23.3 Å². The Morgan fingerprint density at radius 2 is 2.14 bits per heavy atom. The third-order valence-electron chi connectivity index (χ3n) is 3.64. The highest BCUT2D eigenvalue weighted by Gasteiger charge is 2.26. The third-order valence-corrected chi connectivity index (χ3v) is 3.64. The number of nitro groups is 1. The number of hydrogen-bond donors (Lipinski definition) is 1. The molecule has 0 spiro atoms. The molecule has 0 aromatic heterocycles. The highest BCUT2D eigenvalue weighted by Crippen LogP contribution is 2.32. The number of esters is 1. The number of anilines is 1. The smallest absolute Gasteiger partial charge is 0.310 e. The zero-order valence-corrected chi connectivity index (χ0v) is 11.8. The Morgan fingerprint density at radius 3 is 2.67 bits per heavy atom. The third kappa shape index (κ3) is 3.42. The molecule has 1 aromatic carbocycles. The zero-order chi connectivity index (χ0) is 15.4. The molecule has 0 atom stereocenters. The van der Waals surface area contributed by atoms with Crippen molar-refractivity contribution in [1.29, 1.82) is 0 Å². The standard InChI is InChI=1S/C14H18N2O5/c1-2-21-14(18)10-5-7-15(8-6-10)11-3-4-12(16(19)20)13(17)9-11/h3-4,9-10,17H,2,5-8H2,1H3. The molecular weight excluding hydrogens is 276 g/mol. The number of phenols is 1. The highest BCUT2D eigenvalue weighted by molar-refractivity contribution is 5.73. The van der Waals surface area contributed by atoms with Gasteiger partial charge in [-0.3, -0.25) is 14.9 Å². The first-order valence-electron chi connectivity index (χ1n) is 6.92. The van der Waals surface area contributed by atoms with Crippen LogP contribution in [0.2, 0.25) is 0 Å². The van der Waals surface area contributed by atoms with Crippen molar-refractivity contribution in [2.24, 2.45) is 5.92 Å². The van der Waals surface area contributed by atoms with Gasteiger partial charge in [0.25, 0.3) is 0 Å². The summed E-state index contributed by atoms with van der Waals surface area (Å²) in [6.07, 6.45) is 1.35. The predicted molar refractivity (Wildman–Crippen MR) is 76.3 cm³/mol. The van der Waals surface area contributed by atoms with Crippen LogP contribution in [0.4, 0.5) is 11.4 Å². The molecule has 0 unspecified atom stereocenters. The number of phenolic OH excluding ortho intramolecular Hbond substituents is 1. The molecule has 1 heterocycles. The van der Waals surface area contributed by atoms with Crippen LogP contribution in [0.5, 0.6) is 5.75 Å². The van der Waals surface area contributed by atoms with E-state index in [0.29, 0.717) is 32.5 Å². The molecule has 0 amide bonds. The van der Waals surface area contributed by atoms with E-state index in [2.05, 4.69) is 0 Å². The number of benzene rings is 1. The zero-order valence-electron chi connectivity index (χ0n) is 11.8. The van der Waals surface area contributed by atoms with Crippen LogP contribution in [-0.2, 0) is 9.53 Å². The van der Waals surface area contributed by atoms with E-state index in [9.17, 15) is 20.0 Å². The van der Waals surface area contributed by atoms with Gasteiger partial charge in [0.1, 0.15) is 0 Å². The first-order valence-corrected chi connectivity index (χ1v) is 6.92. The molecule has 1 aliphatic heterocycles. The maximum Gasteiger partial charge on any atom is 0.310 e. The van der Waals surface area contributed by atoms with Crippen LogP contribution in [0.3, 0.4) is 0 Å². The van der Waals surface area contributed by atoms with Crippen LogP contribution in [0.15, 0.2) is 18.2 Å². The lowest BCUT2D eigenvalue weighted by Crippen LogP contribution is -2.36. The van der Waals surface area contributed by atoms with Crippen LogP contribution in [0.25, 0.3) is 0 Å². The second kappa shape index (κ2) is 6.43. The molecule has 0 bridgehead atoms. The van der Waals surface area contributed by atoms with E-state index in [1.165, 1.54) is 12.1 Å². The molecule has 1 aliphatic rings. The van der Waals surface area contributed by atoms with Crippen molar-refractivity contribution in [2.45, 2.75) is 19.8 Å². The van der Waals surface area contributed by atoms with Crippen LogP contribution in [-0.4, -0.2) is 35.7 Å². The molecule has 0 saturated carbocycles. The number of ether oxygens (including phenoxy) is 1. The monoisotopic (exact) mass is 294 g/mol. The topological polar surface area (TPSA) is 92.9 Å². The number of nitrogens with zero attached hydrogens (tertiary/aromatic N) is 2. The van der Waals surface area contributed by atoms with Gasteiger partial charge in [-0.1, -0.05) is 0 Å². The summed E-state index contributed by atoms with van der Waals surface area (Å²) < 4.78 is 5.01. The van der Waals surface area contributed by atoms with Crippen molar-refractivity contribution in [1.82, 2.24) is 0 Å². The maximum absolute atomic E-state index is 11.7. The summed E-state index contributed by atoms with van der Waals surface area (Å²) in [7, 11) is 0. The summed E-state index contributed by atoms with van der Waals surface area (Å²) in [5.74, 6) is -0.596. The van der Waals surface area contributed by atoms with Gasteiger partial charge in [0.2, 0.25) is 0 Å². The van der Waals surface area contributed by atoms with Gasteiger partial charge in [0, 0.05) is 30.9 Å². The number of carbonyl (C=O) groups is 1. The predicted octanol–water partition coefficient (Wildman–Crippen LogP) is 2.08. The number of nitro benzene ring substituents is 1. The Hall–Kier alpha value is -2.31. The largest absolute Gasteiger partial charge is 0.502 e. The molecule has 7 nitrogen and oxygen atoms in total. The van der Waals surface area contributed by atoms with Crippen molar-refractivity contribution in [3.05, 3.63) is 28.3 Å². The van der Waals surface area contributed by atoms with Gasteiger partial charge in [-0.05, 0) is 25.8 Å². The number of aromatic hydroxyl groups is 1. The van der Waals surface area contributed by atoms with E-state index >= 15 is 0 Å². The van der Waals surface area contributed by atoms with Crippen molar-refractivity contribution in [2.75, 3.05) is 24.6 Å². The summed E-state index contributed by atoms with van der Waals surface area (Å²) in [6.45, 7) is 3.48. The SMILES string of the molecule is CCOC(=O)C1CCN(c2ccc([N+](=O)[O-])c(O)c2)CC1. The molecule has 2 rings (SSSR count). The van der Waals surface area contributed by atoms with E-state index in [0.717, 1.165) is 5.69 Å². The maximum atomic E-state index is 11.7. The number of rotatable bonds is 4. The molecule has 1 saturated heterocycles. The van der Waals surface area contributed by atoms with Crippen molar-refractivity contribution >= 4 is 17.3 Å². The minimum atomic E-state index is -0.619. The lowest BCUT2D eigenvalue weighted by molar-refractivity contribution is -0.385. The van der Waals surface area contributed by atoms with Gasteiger partial charge >= 0.3 is 11.7 Å². The van der Waals surface area contributed by atoms with Crippen LogP contribution in [0.1, 0.15) is 19.8 Å². The highest BCUT2D eigenvalue weighted by atomic mass is 16.6. The van der Waals surface area contributed by atoms with E-state index in [4.69, 9.17) is 4.74 Å². The van der Waals surface area contributed by atoms with Gasteiger partial charge in [-0.2, -0.15) is 0 Å². The first-order chi connectivity index (χ1) is 10.0. The summed E-state index contributed by atoms with van der Waals surface area (Å²) >= 11 is 0. The normalized spacial score (nSPS) is 15.8. The molecule has 7 heteroatoms.